The van der Waals surface area contributed by atoms with Gasteiger partial charge in [-0.15, -0.1) is 0 Å². The molecular weight excluding hydrogens is 464 g/mol. The number of hydrogen-bond acceptors (Lipinski definition) is 7. The number of thiazole rings is 1. The normalized spacial score (nSPS) is 16.1. The summed E-state index contributed by atoms with van der Waals surface area (Å²) < 4.78 is 1.72. The number of carbonyl (C=O) groups is 2. The van der Waals surface area contributed by atoms with Gasteiger partial charge in [0.1, 0.15) is 17.6 Å². The van der Waals surface area contributed by atoms with Crippen LogP contribution >= 0.6 is 11.3 Å². The highest BCUT2D eigenvalue weighted by Gasteiger charge is 2.28. The van der Waals surface area contributed by atoms with Crippen LogP contribution in [0.5, 0.6) is 0 Å². The van der Waals surface area contributed by atoms with Crippen LogP contribution in [0.25, 0.3) is 10.3 Å². The first-order valence-electron chi connectivity index (χ1n) is 11.9. The number of rotatable bonds is 6. The predicted octanol–water partition coefficient (Wildman–Crippen LogP) is 3.16. The molecule has 1 aromatic carbocycles. The first-order valence-corrected chi connectivity index (χ1v) is 12.7. The van der Waals surface area contributed by atoms with E-state index in [1.807, 2.05) is 46.8 Å². The van der Waals surface area contributed by atoms with Gasteiger partial charge in [-0.3, -0.25) is 19.0 Å². The molecule has 0 aliphatic carbocycles. The fourth-order valence-electron chi connectivity index (χ4n) is 4.56. The molecule has 0 saturated carbocycles. The highest BCUT2D eigenvalue weighted by molar-refractivity contribution is 7.22. The lowest BCUT2D eigenvalue weighted by Crippen LogP contribution is -2.44. The number of amides is 2. The minimum absolute atomic E-state index is 0.0522. The van der Waals surface area contributed by atoms with E-state index in [1.165, 1.54) is 22.2 Å². The van der Waals surface area contributed by atoms with Crippen LogP contribution in [0.15, 0.2) is 23.3 Å². The molecule has 3 aromatic rings. The molecule has 186 valence electrons. The first-order chi connectivity index (χ1) is 16.6. The molecule has 3 heterocycles. The molecule has 35 heavy (non-hydrogen) atoms. The van der Waals surface area contributed by atoms with Crippen molar-refractivity contribution >= 4 is 44.3 Å². The van der Waals surface area contributed by atoms with Crippen molar-refractivity contribution in [2.45, 2.75) is 60.0 Å². The molecule has 2 N–H and O–H groups in total. The average molecular weight is 497 g/mol. The number of aromatic nitrogens is 3. The molecular formula is C25H32N6O3S. The topological polar surface area (TPSA) is 109 Å². The van der Waals surface area contributed by atoms with Gasteiger partial charge in [0.15, 0.2) is 10.8 Å². The monoisotopic (exact) mass is 496 g/mol. The van der Waals surface area contributed by atoms with Crippen molar-refractivity contribution in [3.05, 3.63) is 45.5 Å². The zero-order valence-corrected chi connectivity index (χ0v) is 21.7. The maximum Gasteiger partial charge on any atom is 0.273 e. The third-order valence-electron chi connectivity index (χ3n) is 6.12. The van der Waals surface area contributed by atoms with Gasteiger partial charge in [-0.25, -0.2) is 4.98 Å². The standard InChI is InChI=1S/C25H32N6O3S/c1-14(2)27-23(33)18-7-6-8-30(11-18)25-29-22-21(35-25)24(34)31(13-26-22)12-19(32)28-20-16(4)9-15(3)10-17(20)5/h9-10,13-14,18H,6-8,11-12H2,1-5H3,(H,27,33)(H,28,32). The number of nitrogens with one attached hydrogen (secondary N) is 2. The average Bonchev–Trinajstić information content (AvgIpc) is 3.23. The Labute approximate surface area is 208 Å². The van der Waals surface area contributed by atoms with Crippen LogP contribution in [0, 0.1) is 26.7 Å². The van der Waals surface area contributed by atoms with E-state index >= 15 is 0 Å². The molecule has 2 aromatic heterocycles. The number of benzene rings is 1. The van der Waals surface area contributed by atoms with E-state index in [0.29, 0.717) is 22.0 Å². The number of carbonyl (C=O) groups excluding carboxylic acids is 2. The van der Waals surface area contributed by atoms with Crippen molar-refractivity contribution in [2.24, 2.45) is 5.92 Å². The van der Waals surface area contributed by atoms with Gasteiger partial charge < -0.3 is 15.5 Å². The molecule has 0 radical (unpaired) electrons. The number of hydrogen-bond donors (Lipinski definition) is 2. The fourth-order valence-corrected chi connectivity index (χ4v) is 5.56. The van der Waals surface area contributed by atoms with Gasteiger partial charge in [-0.05, 0) is 58.6 Å². The van der Waals surface area contributed by atoms with E-state index in [4.69, 9.17) is 0 Å². The van der Waals surface area contributed by atoms with Gasteiger partial charge >= 0.3 is 0 Å². The van der Waals surface area contributed by atoms with Crippen LogP contribution in [0.1, 0.15) is 43.4 Å². The fraction of sp³-hybridized carbons (Fsp3) is 0.480. The second-order valence-corrected chi connectivity index (χ2v) is 10.6. The molecule has 0 bridgehead atoms. The van der Waals surface area contributed by atoms with Crippen LogP contribution in [0.2, 0.25) is 0 Å². The molecule has 1 atom stereocenters. The van der Waals surface area contributed by atoms with Gasteiger partial charge in [-0.2, -0.15) is 4.98 Å². The zero-order chi connectivity index (χ0) is 25.3. The van der Waals surface area contributed by atoms with Crippen molar-refractivity contribution in [2.75, 3.05) is 23.3 Å². The Morgan fingerprint density at radius 1 is 1.20 bits per heavy atom. The smallest absolute Gasteiger partial charge is 0.273 e. The molecule has 9 nitrogen and oxygen atoms in total. The minimum atomic E-state index is -0.294. The SMILES string of the molecule is Cc1cc(C)c(NC(=O)Cn2cnc3nc(N4CCCC(C(=O)NC(C)C)C4)sc3c2=O)c(C)c1. The van der Waals surface area contributed by atoms with Gasteiger partial charge in [0, 0.05) is 24.8 Å². The number of piperidine rings is 1. The second kappa shape index (κ2) is 10.2. The maximum atomic E-state index is 13.1. The number of fused-ring (bicyclic) bond motifs is 1. The molecule has 1 saturated heterocycles. The second-order valence-electron chi connectivity index (χ2n) is 9.60. The molecule has 1 aliphatic heterocycles. The van der Waals surface area contributed by atoms with E-state index in [9.17, 15) is 14.4 Å². The molecule has 1 aliphatic rings. The van der Waals surface area contributed by atoms with Gasteiger partial charge in [0.05, 0.1) is 5.92 Å². The van der Waals surface area contributed by atoms with Gasteiger partial charge in [0.25, 0.3) is 5.56 Å². The summed E-state index contributed by atoms with van der Waals surface area (Å²) in [6.45, 7) is 11.0. The van der Waals surface area contributed by atoms with Crippen molar-refractivity contribution in [3.8, 4) is 0 Å². The van der Waals surface area contributed by atoms with Crippen LogP contribution in [0.4, 0.5) is 10.8 Å². The molecule has 1 fully saturated rings. The van der Waals surface area contributed by atoms with Crippen molar-refractivity contribution < 1.29 is 9.59 Å². The Bertz CT molecular complexity index is 1310. The third kappa shape index (κ3) is 5.53. The summed E-state index contributed by atoms with van der Waals surface area (Å²) in [6.07, 6.45) is 3.08. The highest BCUT2D eigenvalue weighted by Crippen LogP contribution is 2.29. The molecule has 4 rings (SSSR count). The Balaban J connectivity index is 1.51. The number of aryl methyl sites for hydroxylation is 3. The lowest BCUT2D eigenvalue weighted by Gasteiger charge is -2.32. The van der Waals surface area contributed by atoms with Crippen molar-refractivity contribution in [1.82, 2.24) is 19.9 Å². The lowest BCUT2D eigenvalue weighted by molar-refractivity contribution is -0.125. The van der Waals surface area contributed by atoms with Gasteiger partial charge in [0.2, 0.25) is 11.8 Å². The van der Waals surface area contributed by atoms with Crippen LogP contribution in [-0.4, -0.2) is 45.5 Å². The van der Waals surface area contributed by atoms with Crippen LogP contribution in [-0.2, 0) is 16.1 Å². The zero-order valence-electron chi connectivity index (χ0n) is 20.8. The summed E-state index contributed by atoms with van der Waals surface area (Å²) >= 11 is 1.27. The summed E-state index contributed by atoms with van der Waals surface area (Å²) in [6, 6.07) is 4.12. The summed E-state index contributed by atoms with van der Waals surface area (Å²) in [5.74, 6) is -0.348. The van der Waals surface area contributed by atoms with Crippen molar-refractivity contribution in [1.29, 1.82) is 0 Å². The van der Waals surface area contributed by atoms with Crippen molar-refractivity contribution in [3.63, 3.8) is 0 Å². The lowest BCUT2D eigenvalue weighted by atomic mass is 9.97. The number of anilines is 2. The van der Waals surface area contributed by atoms with Gasteiger partial charge in [-0.1, -0.05) is 29.0 Å². The van der Waals surface area contributed by atoms with E-state index in [1.54, 1.807) is 0 Å². The molecule has 1 unspecified atom stereocenters. The molecule has 0 spiro atoms. The highest BCUT2D eigenvalue weighted by atomic mass is 32.1. The summed E-state index contributed by atoms with van der Waals surface area (Å²) in [5.41, 5.74) is 3.92. The van der Waals surface area contributed by atoms with E-state index in [2.05, 4.69) is 25.5 Å². The summed E-state index contributed by atoms with van der Waals surface area (Å²) in [4.78, 5) is 49.3. The Hall–Kier alpha value is -3.27. The first kappa shape index (κ1) is 24.8. The number of nitrogens with zero attached hydrogens (tertiary/aromatic N) is 4. The van der Waals surface area contributed by atoms with E-state index in [-0.39, 0.29) is 35.9 Å². The van der Waals surface area contributed by atoms with E-state index < -0.39 is 0 Å². The largest absolute Gasteiger partial charge is 0.354 e. The predicted molar refractivity (Wildman–Crippen MR) is 139 cm³/mol. The quantitative estimate of drug-likeness (QED) is 0.543. The summed E-state index contributed by atoms with van der Waals surface area (Å²) in [5, 5.41) is 6.60. The Morgan fingerprint density at radius 2 is 1.91 bits per heavy atom. The Morgan fingerprint density at radius 3 is 2.60 bits per heavy atom. The van der Waals surface area contributed by atoms with E-state index in [0.717, 1.165) is 41.8 Å². The van der Waals surface area contributed by atoms with Crippen LogP contribution in [0.3, 0.4) is 0 Å². The third-order valence-corrected chi connectivity index (χ3v) is 7.21. The Kier molecular flexibility index (Phi) is 7.20. The molecule has 10 heteroatoms. The maximum absolute atomic E-state index is 13.1. The molecule has 2 amide bonds. The van der Waals surface area contributed by atoms with Crippen LogP contribution < -0.4 is 21.1 Å². The summed E-state index contributed by atoms with van der Waals surface area (Å²) in [7, 11) is 0. The minimum Gasteiger partial charge on any atom is -0.354 e.